The van der Waals surface area contributed by atoms with Gasteiger partial charge in [-0.2, -0.15) is 11.8 Å². The smallest absolute Gasteiger partial charge is 0.146 e. The highest BCUT2D eigenvalue weighted by Gasteiger charge is 2.22. The molecule has 1 aromatic carbocycles. The first-order valence-corrected chi connectivity index (χ1v) is 7.03. The molecule has 2 atom stereocenters. The predicted octanol–water partition coefficient (Wildman–Crippen LogP) is 2.82. The summed E-state index contributed by atoms with van der Waals surface area (Å²) < 4.78 is 14.0. The van der Waals surface area contributed by atoms with Gasteiger partial charge >= 0.3 is 0 Å². The summed E-state index contributed by atoms with van der Waals surface area (Å²) in [6.07, 6.45) is 0.490. The van der Waals surface area contributed by atoms with Gasteiger partial charge in [-0.05, 0) is 36.8 Å². The summed E-state index contributed by atoms with van der Waals surface area (Å²) in [6, 6.07) is 5.41. The minimum Gasteiger partial charge on any atom is -0.389 e. The number of hydrogen-bond acceptors (Lipinski definition) is 3. The zero-order chi connectivity index (χ0) is 12.4. The van der Waals surface area contributed by atoms with E-state index in [1.165, 1.54) is 6.07 Å². The van der Waals surface area contributed by atoms with Gasteiger partial charge in [0.15, 0.2) is 0 Å². The van der Waals surface area contributed by atoms with E-state index in [1.54, 1.807) is 19.1 Å². The van der Waals surface area contributed by atoms with Gasteiger partial charge in [-0.1, -0.05) is 6.07 Å². The number of hydrogen-bond donors (Lipinski definition) is 1. The molecule has 0 aliphatic carbocycles. The van der Waals surface area contributed by atoms with Gasteiger partial charge in [-0.3, -0.25) is 0 Å². The van der Waals surface area contributed by atoms with Crippen molar-refractivity contribution in [1.29, 1.82) is 0 Å². The molecule has 0 amide bonds. The van der Waals surface area contributed by atoms with Crippen LogP contribution in [0.15, 0.2) is 18.2 Å². The Bertz CT molecular complexity index is 391. The van der Waals surface area contributed by atoms with Gasteiger partial charge in [0.25, 0.3) is 0 Å². The third-order valence-electron chi connectivity index (χ3n) is 3.29. The van der Waals surface area contributed by atoms with Gasteiger partial charge in [-0.25, -0.2) is 4.39 Å². The van der Waals surface area contributed by atoms with E-state index in [1.807, 2.05) is 23.7 Å². The maximum atomic E-state index is 14.0. The van der Waals surface area contributed by atoms with Crippen molar-refractivity contribution in [2.45, 2.75) is 25.5 Å². The second-order valence-electron chi connectivity index (χ2n) is 4.52. The van der Waals surface area contributed by atoms with Crippen LogP contribution in [0.5, 0.6) is 0 Å². The SMILES string of the molecule is CC(O)c1ccc(N(C)C2CCSC2)c(F)c1. The Balaban J connectivity index is 2.20. The van der Waals surface area contributed by atoms with Crippen molar-refractivity contribution >= 4 is 17.4 Å². The first-order chi connectivity index (χ1) is 8.09. The molecule has 1 aromatic rings. The Labute approximate surface area is 106 Å². The van der Waals surface area contributed by atoms with Crippen LogP contribution in [-0.4, -0.2) is 29.7 Å². The van der Waals surface area contributed by atoms with E-state index < -0.39 is 6.10 Å². The average Bonchev–Trinajstić information content (AvgIpc) is 2.81. The molecule has 2 rings (SSSR count). The van der Waals surface area contributed by atoms with Gasteiger partial charge in [0.05, 0.1) is 11.8 Å². The summed E-state index contributed by atoms with van der Waals surface area (Å²) in [7, 11) is 1.94. The van der Waals surface area contributed by atoms with E-state index in [0.717, 1.165) is 17.9 Å². The van der Waals surface area contributed by atoms with Crippen LogP contribution >= 0.6 is 11.8 Å². The zero-order valence-electron chi connectivity index (χ0n) is 10.2. The van der Waals surface area contributed by atoms with Crippen molar-refractivity contribution < 1.29 is 9.50 Å². The topological polar surface area (TPSA) is 23.5 Å². The first-order valence-electron chi connectivity index (χ1n) is 5.87. The van der Waals surface area contributed by atoms with Crippen molar-refractivity contribution in [3.05, 3.63) is 29.6 Å². The molecule has 0 spiro atoms. The number of benzene rings is 1. The van der Waals surface area contributed by atoms with Crippen LogP contribution in [0.4, 0.5) is 10.1 Å². The van der Waals surface area contributed by atoms with Crippen LogP contribution in [0.25, 0.3) is 0 Å². The van der Waals surface area contributed by atoms with Crippen molar-refractivity contribution in [2.75, 3.05) is 23.5 Å². The molecule has 1 N–H and O–H groups in total. The van der Waals surface area contributed by atoms with E-state index in [4.69, 9.17) is 0 Å². The Morgan fingerprint density at radius 1 is 1.53 bits per heavy atom. The van der Waals surface area contributed by atoms with Crippen molar-refractivity contribution in [3.63, 3.8) is 0 Å². The number of halogens is 1. The molecule has 1 fully saturated rings. The van der Waals surface area contributed by atoms with E-state index in [9.17, 15) is 9.50 Å². The van der Waals surface area contributed by atoms with Crippen molar-refractivity contribution in [3.8, 4) is 0 Å². The van der Waals surface area contributed by atoms with E-state index >= 15 is 0 Å². The number of anilines is 1. The van der Waals surface area contributed by atoms with Crippen LogP contribution in [0.2, 0.25) is 0 Å². The molecular weight excluding hydrogens is 237 g/mol. The number of aliphatic hydroxyl groups excluding tert-OH is 1. The third kappa shape index (κ3) is 2.75. The molecule has 1 heterocycles. The van der Waals surface area contributed by atoms with E-state index in [2.05, 4.69) is 0 Å². The molecule has 17 heavy (non-hydrogen) atoms. The molecule has 1 aliphatic heterocycles. The van der Waals surface area contributed by atoms with E-state index in [-0.39, 0.29) is 5.82 Å². The normalized spacial score (nSPS) is 21.5. The predicted molar refractivity (Wildman–Crippen MR) is 71.2 cm³/mol. The third-order valence-corrected chi connectivity index (χ3v) is 4.43. The highest BCUT2D eigenvalue weighted by molar-refractivity contribution is 7.99. The molecule has 1 aliphatic rings. The van der Waals surface area contributed by atoms with Crippen LogP contribution in [0, 0.1) is 5.82 Å². The highest BCUT2D eigenvalue weighted by Crippen LogP contribution is 2.29. The van der Waals surface area contributed by atoms with Crippen molar-refractivity contribution in [1.82, 2.24) is 0 Å². The molecule has 0 bridgehead atoms. The molecule has 2 nitrogen and oxygen atoms in total. The lowest BCUT2D eigenvalue weighted by atomic mass is 10.1. The van der Waals surface area contributed by atoms with Crippen LogP contribution in [0.3, 0.4) is 0 Å². The standard InChI is InChI=1S/C13H18FNOS/c1-9(16)10-3-4-13(12(14)7-10)15(2)11-5-6-17-8-11/h3-4,7,9,11,16H,5-6,8H2,1-2H3. The molecule has 94 valence electrons. The number of nitrogens with zero attached hydrogens (tertiary/aromatic N) is 1. The molecule has 2 unspecified atom stereocenters. The average molecular weight is 255 g/mol. The van der Waals surface area contributed by atoms with Crippen LogP contribution < -0.4 is 4.90 Å². The molecule has 0 radical (unpaired) electrons. The number of thioether (sulfide) groups is 1. The van der Waals surface area contributed by atoms with Crippen LogP contribution in [0.1, 0.15) is 25.0 Å². The number of aliphatic hydroxyl groups is 1. The summed E-state index contributed by atoms with van der Waals surface area (Å²) in [6.45, 7) is 1.64. The maximum absolute atomic E-state index is 14.0. The Morgan fingerprint density at radius 3 is 2.82 bits per heavy atom. The lowest BCUT2D eigenvalue weighted by Gasteiger charge is -2.26. The second kappa shape index (κ2) is 5.27. The number of rotatable bonds is 3. The minimum absolute atomic E-state index is 0.247. The maximum Gasteiger partial charge on any atom is 0.146 e. The highest BCUT2D eigenvalue weighted by atomic mass is 32.2. The summed E-state index contributed by atoms with van der Waals surface area (Å²) >= 11 is 1.91. The monoisotopic (exact) mass is 255 g/mol. The van der Waals surface area contributed by atoms with Gasteiger partial charge < -0.3 is 10.0 Å². The summed E-state index contributed by atoms with van der Waals surface area (Å²) in [5.41, 5.74) is 1.25. The fourth-order valence-corrected chi connectivity index (χ4v) is 3.36. The molecule has 0 aromatic heterocycles. The first kappa shape index (κ1) is 12.7. The Hall–Kier alpha value is -0.740. The lowest BCUT2D eigenvalue weighted by Crippen LogP contribution is -2.31. The Kier molecular flexibility index (Phi) is 3.94. The summed E-state index contributed by atoms with van der Waals surface area (Å²) in [4.78, 5) is 2.02. The molecule has 0 saturated carbocycles. The largest absolute Gasteiger partial charge is 0.389 e. The lowest BCUT2D eigenvalue weighted by molar-refractivity contribution is 0.199. The zero-order valence-corrected chi connectivity index (χ0v) is 11.0. The van der Waals surface area contributed by atoms with Crippen LogP contribution in [-0.2, 0) is 0 Å². The van der Waals surface area contributed by atoms with Gasteiger partial charge in [0.1, 0.15) is 5.82 Å². The molecular formula is C13H18FNOS. The molecule has 4 heteroatoms. The summed E-state index contributed by atoms with van der Waals surface area (Å²) in [5.74, 6) is 1.97. The fourth-order valence-electron chi connectivity index (χ4n) is 2.09. The fraction of sp³-hybridized carbons (Fsp3) is 0.538. The van der Waals surface area contributed by atoms with E-state index in [0.29, 0.717) is 17.3 Å². The van der Waals surface area contributed by atoms with Crippen molar-refractivity contribution in [2.24, 2.45) is 0 Å². The molecule has 1 saturated heterocycles. The summed E-state index contributed by atoms with van der Waals surface area (Å²) in [5, 5.41) is 9.41. The van der Waals surface area contributed by atoms with Gasteiger partial charge in [-0.15, -0.1) is 0 Å². The quantitative estimate of drug-likeness (QED) is 0.898. The Morgan fingerprint density at radius 2 is 2.29 bits per heavy atom. The van der Waals surface area contributed by atoms with Gasteiger partial charge in [0, 0.05) is 18.8 Å². The minimum atomic E-state index is -0.620. The second-order valence-corrected chi connectivity index (χ2v) is 5.66. The van der Waals surface area contributed by atoms with Gasteiger partial charge in [0.2, 0.25) is 0 Å².